The van der Waals surface area contributed by atoms with Gasteiger partial charge in [-0.05, 0) is 44.4 Å². The van der Waals surface area contributed by atoms with Crippen molar-refractivity contribution in [2.24, 2.45) is 5.92 Å². The summed E-state index contributed by atoms with van der Waals surface area (Å²) in [6.07, 6.45) is 17.6. The molecular formula is C17H29NO2. The van der Waals surface area contributed by atoms with Crippen LogP contribution in [0.4, 0.5) is 0 Å². The molecule has 114 valence electrons. The fourth-order valence-electron chi connectivity index (χ4n) is 2.99. The van der Waals surface area contributed by atoms with Gasteiger partial charge >= 0.3 is 0 Å². The number of unbranched alkanes of at least 4 members (excludes halogenated alkanes) is 2. The molecule has 3 nitrogen and oxygen atoms in total. The highest BCUT2D eigenvalue weighted by molar-refractivity contribution is 5.10. The second-order valence-corrected chi connectivity index (χ2v) is 6.02. The Balaban J connectivity index is 1.45. The van der Waals surface area contributed by atoms with E-state index in [0.717, 1.165) is 44.8 Å². The quantitative estimate of drug-likeness (QED) is 0.530. The van der Waals surface area contributed by atoms with Crippen LogP contribution in [0.25, 0.3) is 0 Å². The van der Waals surface area contributed by atoms with Crippen molar-refractivity contribution < 1.29 is 9.84 Å². The zero-order chi connectivity index (χ0) is 14.0. The SMILES string of the molecule is OC(CCCCCC1C=CC=CC1)NC1CCOCC1. The largest absolute Gasteiger partial charge is 0.381 e. The number of rotatable bonds is 8. The molecule has 0 bridgehead atoms. The van der Waals surface area contributed by atoms with Gasteiger partial charge in [-0.15, -0.1) is 0 Å². The molecule has 2 aliphatic rings. The maximum atomic E-state index is 9.98. The van der Waals surface area contributed by atoms with Crippen LogP contribution in [-0.4, -0.2) is 30.6 Å². The fourth-order valence-corrected chi connectivity index (χ4v) is 2.99. The van der Waals surface area contributed by atoms with Gasteiger partial charge in [-0.3, -0.25) is 5.32 Å². The average molecular weight is 279 g/mol. The predicted molar refractivity (Wildman–Crippen MR) is 82.5 cm³/mol. The first-order valence-corrected chi connectivity index (χ1v) is 8.20. The molecule has 1 heterocycles. The van der Waals surface area contributed by atoms with Crippen LogP contribution < -0.4 is 5.32 Å². The molecule has 1 fully saturated rings. The van der Waals surface area contributed by atoms with E-state index in [1.54, 1.807) is 0 Å². The van der Waals surface area contributed by atoms with Crippen LogP contribution >= 0.6 is 0 Å². The highest BCUT2D eigenvalue weighted by atomic mass is 16.5. The van der Waals surface area contributed by atoms with Gasteiger partial charge in [0, 0.05) is 19.3 Å². The predicted octanol–water partition coefficient (Wildman–Crippen LogP) is 3.16. The van der Waals surface area contributed by atoms with Gasteiger partial charge in [-0.2, -0.15) is 0 Å². The van der Waals surface area contributed by atoms with Gasteiger partial charge < -0.3 is 9.84 Å². The van der Waals surface area contributed by atoms with E-state index in [-0.39, 0.29) is 6.23 Å². The summed E-state index contributed by atoms with van der Waals surface area (Å²) >= 11 is 0. The van der Waals surface area contributed by atoms with E-state index in [0.29, 0.717) is 6.04 Å². The summed E-state index contributed by atoms with van der Waals surface area (Å²) in [6.45, 7) is 1.65. The molecule has 1 saturated heterocycles. The third kappa shape index (κ3) is 6.21. The highest BCUT2D eigenvalue weighted by Gasteiger charge is 2.16. The maximum Gasteiger partial charge on any atom is 0.105 e. The normalized spacial score (nSPS) is 24.9. The summed E-state index contributed by atoms with van der Waals surface area (Å²) < 4.78 is 5.32. The number of aliphatic hydroxyl groups is 1. The molecule has 1 aliphatic carbocycles. The standard InChI is InChI=1S/C17H29NO2/c19-17(18-16-11-13-20-14-12-16)10-6-2-5-9-15-7-3-1-4-8-15/h1,3-4,7,15-19H,2,5-6,8-14H2. The Bertz CT molecular complexity index is 308. The van der Waals surface area contributed by atoms with Gasteiger partial charge in [0.25, 0.3) is 0 Å². The molecule has 20 heavy (non-hydrogen) atoms. The Morgan fingerprint density at radius 2 is 2.00 bits per heavy atom. The first-order valence-electron chi connectivity index (χ1n) is 8.20. The minimum atomic E-state index is -0.337. The second-order valence-electron chi connectivity index (χ2n) is 6.02. The van der Waals surface area contributed by atoms with Crippen LogP contribution in [0.2, 0.25) is 0 Å². The van der Waals surface area contributed by atoms with E-state index < -0.39 is 0 Å². The van der Waals surface area contributed by atoms with E-state index >= 15 is 0 Å². The summed E-state index contributed by atoms with van der Waals surface area (Å²) in [5.41, 5.74) is 0. The Kier molecular flexibility index (Phi) is 7.34. The van der Waals surface area contributed by atoms with Gasteiger partial charge in [-0.1, -0.05) is 37.1 Å². The van der Waals surface area contributed by atoms with Crippen molar-refractivity contribution in [3.05, 3.63) is 24.3 Å². The van der Waals surface area contributed by atoms with E-state index in [9.17, 15) is 5.11 Å². The number of hydrogen-bond acceptors (Lipinski definition) is 3. The first-order chi connectivity index (χ1) is 9.84. The summed E-state index contributed by atoms with van der Waals surface area (Å²) in [5, 5.41) is 13.3. The minimum Gasteiger partial charge on any atom is -0.381 e. The number of allylic oxidation sites excluding steroid dienone is 4. The van der Waals surface area contributed by atoms with Gasteiger partial charge in [0.05, 0.1) is 0 Å². The van der Waals surface area contributed by atoms with E-state index in [1.165, 1.54) is 25.7 Å². The zero-order valence-electron chi connectivity index (χ0n) is 12.5. The average Bonchev–Trinajstić information content (AvgIpc) is 2.49. The van der Waals surface area contributed by atoms with E-state index in [1.807, 2.05) is 0 Å². The molecule has 0 aromatic heterocycles. The Morgan fingerprint density at radius 3 is 2.75 bits per heavy atom. The second kappa shape index (κ2) is 9.32. The molecule has 2 rings (SSSR count). The summed E-state index contributed by atoms with van der Waals surface area (Å²) in [5.74, 6) is 0.741. The molecule has 0 aromatic rings. The third-order valence-corrected chi connectivity index (χ3v) is 4.27. The van der Waals surface area contributed by atoms with Crippen molar-refractivity contribution in [3.8, 4) is 0 Å². The number of hydrogen-bond donors (Lipinski definition) is 2. The van der Waals surface area contributed by atoms with Crippen molar-refractivity contribution >= 4 is 0 Å². The monoisotopic (exact) mass is 279 g/mol. The van der Waals surface area contributed by atoms with Crippen LogP contribution in [0.5, 0.6) is 0 Å². The van der Waals surface area contributed by atoms with E-state index in [2.05, 4.69) is 29.6 Å². The molecule has 0 aromatic carbocycles. The lowest BCUT2D eigenvalue weighted by Crippen LogP contribution is -2.41. The number of ether oxygens (including phenoxy) is 1. The lowest BCUT2D eigenvalue weighted by atomic mass is 9.94. The van der Waals surface area contributed by atoms with Crippen LogP contribution in [0.3, 0.4) is 0 Å². The van der Waals surface area contributed by atoms with Crippen LogP contribution in [0, 0.1) is 5.92 Å². The highest BCUT2D eigenvalue weighted by Crippen LogP contribution is 2.19. The molecule has 3 heteroatoms. The van der Waals surface area contributed by atoms with Gasteiger partial charge in [-0.25, -0.2) is 0 Å². The Labute approximate surface area is 123 Å². The lowest BCUT2D eigenvalue weighted by molar-refractivity contribution is 0.0460. The van der Waals surface area contributed by atoms with Crippen molar-refractivity contribution in [2.45, 2.75) is 63.6 Å². The van der Waals surface area contributed by atoms with Gasteiger partial charge in [0.2, 0.25) is 0 Å². The maximum absolute atomic E-state index is 9.98. The molecule has 2 N–H and O–H groups in total. The molecular weight excluding hydrogens is 250 g/mol. The van der Waals surface area contributed by atoms with E-state index in [4.69, 9.17) is 4.74 Å². The zero-order valence-corrected chi connectivity index (χ0v) is 12.5. The van der Waals surface area contributed by atoms with Crippen molar-refractivity contribution in [1.82, 2.24) is 5.32 Å². The molecule has 0 amide bonds. The first kappa shape index (κ1) is 15.7. The minimum absolute atomic E-state index is 0.337. The number of nitrogens with one attached hydrogen (secondary N) is 1. The Hall–Kier alpha value is -0.640. The number of aliphatic hydroxyl groups excluding tert-OH is 1. The van der Waals surface area contributed by atoms with Crippen molar-refractivity contribution in [1.29, 1.82) is 0 Å². The fraction of sp³-hybridized carbons (Fsp3) is 0.765. The van der Waals surface area contributed by atoms with Crippen molar-refractivity contribution in [3.63, 3.8) is 0 Å². The van der Waals surface area contributed by atoms with Crippen molar-refractivity contribution in [2.75, 3.05) is 13.2 Å². The molecule has 0 saturated carbocycles. The van der Waals surface area contributed by atoms with Gasteiger partial charge in [0.15, 0.2) is 0 Å². The lowest BCUT2D eigenvalue weighted by Gasteiger charge is -2.26. The van der Waals surface area contributed by atoms with Crippen LogP contribution in [0.15, 0.2) is 24.3 Å². The molecule has 2 atom stereocenters. The molecule has 1 aliphatic heterocycles. The van der Waals surface area contributed by atoms with Crippen LogP contribution in [0.1, 0.15) is 51.4 Å². The molecule has 0 radical (unpaired) electrons. The third-order valence-electron chi connectivity index (χ3n) is 4.27. The summed E-state index contributed by atoms with van der Waals surface area (Å²) in [7, 11) is 0. The summed E-state index contributed by atoms with van der Waals surface area (Å²) in [4.78, 5) is 0. The molecule has 2 unspecified atom stereocenters. The summed E-state index contributed by atoms with van der Waals surface area (Å²) in [6, 6.07) is 0.443. The smallest absolute Gasteiger partial charge is 0.105 e. The Morgan fingerprint density at radius 1 is 1.15 bits per heavy atom. The molecule has 0 spiro atoms. The van der Waals surface area contributed by atoms with Gasteiger partial charge in [0.1, 0.15) is 6.23 Å². The topological polar surface area (TPSA) is 41.5 Å². The van der Waals surface area contributed by atoms with Crippen LogP contribution in [-0.2, 0) is 4.74 Å².